The fourth-order valence-electron chi connectivity index (χ4n) is 1.40. The zero-order chi connectivity index (χ0) is 6.10. The van der Waals surface area contributed by atoms with Crippen LogP contribution in [0, 0.1) is 11.8 Å². The van der Waals surface area contributed by atoms with Crippen LogP contribution in [-0.4, -0.2) is 11.5 Å². The van der Waals surface area contributed by atoms with Crippen molar-refractivity contribution in [2.75, 3.05) is 11.5 Å². The van der Waals surface area contributed by atoms with Crippen molar-refractivity contribution in [3.8, 4) is 0 Å². The van der Waals surface area contributed by atoms with Gasteiger partial charge in [0.05, 0.1) is 0 Å². The molecule has 1 aliphatic heterocycles. The van der Waals surface area contributed by atoms with Gasteiger partial charge >= 0.3 is 0 Å². The molecule has 2 atom stereocenters. The second-order valence-corrected chi connectivity index (χ2v) is 3.71. The standard InChI is InChI=1S/C8H10S/c1-2-4-8-6-9-5-7(8)3-1/h1-4,7-8H,5-6H2/t7-,8+. The molecule has 1 fully saturated rings. The van der Waals surface area contributed by atoms with Crippen LogP contribution in [0.2, 0.25) is 0 Å². The Hall–Kier alpha value is -0.170. The van der Waals surface area contributed by atoms with Gasteiger partial charge in [-0.3, -0.25) is 0 Å². The van der Waals surface area contributed by atoms with Crippen LogP contribution in [0.3, 0.4) is 0 Å². The summed E-state index contributed by atoms with van der Waals surface area (Å²) in [7, 11) is 0. The highest BCUT2D eigenvalue weighted by Crippen LogP contribution is 2.33. The van der Waals surface area contributed by atoms with Gasteiger partial charge in [0, 0.05) is 11.5 Å². The normalized spacial score (nSPS) is 39.1. The first-order valence-corrected chi connectivity index (χ1v) is 4.55. The Kier molecular flexibility index (Phi) is 1.38. The molecule has 0 radical (unpaired) electrons. The Labute approximate surface area is 60.0 Å². The maximum Gasteiger partial charge on any atom is 0.000183 e. The van der Waals surface area contributed by atoms with E-state index in [2.05, 4.69) is 36.1 Å². The van der Waals surface area contributed by atoms with Gasteiger partial charge in [0.2, 0.25) is 0 Å². The molecule has 0 bridgehead atoms. The van der Waals surface area contributed by atoms with Crippen molar-refractivity contribution >= 4 is 11.8 Å². The molecule has 2 rings (SSSR count). The zero-order valence-electron chi connectivity index (χ0n) is 5.29. The minimum Gasteiger partial charge on any atom is -0.161 e. The molecule has 0 nitrogen and oxygen atoms in total. The fraction of sp³-hybridized carbons (Fsp3) is 0.500. The molecule has 1 heterocycles. The van der Waals surface area contributed by atoms with Gasteiger partial charge in [0.25, 0.3) is 0 Å². The molecular formula is C8H10S. The quantitative estimate of drug-likeness (QED) is 0.494. The van der Waals surface area contributed by atoms with Crippen molar-refractivity contribution < 1.29 is 0 Å². The van der Waals surface area contributed by atoms with Crippen LogP contribution in [0.5, 0.6) is 0 Å². The summed E-state index contributed by atoms with van der Waals surface area (Å²) in [6, 6.07) is 0. The highest BCUT2D eigenvalue weighted by Gasteiger charge is 2.23. The first-order valence-electron chi connectivity index (χ1n) is 3.39. The highest BCUT2D eigenvalue weighted by molar-refractivity contribution is 7.99. The van der Waals surface area contributed by atoms with Crippen LogP contribution < -0.4 is 0 Å². The van der Waals surface area contributed by atoms with Crippen LogP contribution in [0.1, 0.15) is 0 Å². The fourth-order valence-corrected chi connectivity index (χ4v) is 2.79. The SMILES string of the molecule is C1=C[C@@H]2CSC[C@@H]2C=C1. The third-order valence-electron chi connectivity index (χ3n) is 2.00. The second-order valence-electron chi connectivity index (χ2n) is 2.63. The van der Waals surface area contributed by atoms with E-state index in [9.17, 15) is 0 Å². The number of allylic oxidation sites excluding steroid dienone is 4. The van der Waals surface area contributed by atoms with E-state index in [0.29, 0.717) is 0 Å². The summed E-state index contributed by atoms with van der Waals surface area (Å²) in [5.41, 5.74) is 0. The van der Waals surface area contributed by atoms with Gasteiger partial charge in [0.15, 0.2) is 0 Å². The molecule has 0 unspecified atom stereocenters. The van der Waals surface area contributed by atoms with E-state index < -0.39 is 0 Å². The Balaban J connectivity index is 2.18. The molecule has 0 aromatic rings. The Morgan fingerprint density at radius 3 is 2.11 bits per heavy atom. The Morgan fingerprint density at radius 1 is 1.00 bits per heavy atom. The summed E-state index contributed by atoms with van der Waals surface area (Å²) in [5, 5.41) is 0. The molecule has 0 aromatic carbocycles. The zero-order valence-corrected chi connectivity index (χ0v) is 6.10. The third-order valence-corrected chi connectivity index (χ3v) is 3.24. The van der Waals surface area contributed by atoms with Gasteiger partial charge in [-0.15, -0.1) is 0 Å². The van der Waals surface area contributed by atoms with Crippen LogP contribution >= 0.6 is 11.8 Å². The molecule has 1 heteroatoms. The Morgan fingerprint density at radius 2 is 1.56 bits per heavy atom. The van der Waals surface area contributed by atoms with Gasteiger partial charge < -0.3 is 0 Å². The lowest BCUT2D eigenvalue weighted by Crippen LogP contribution is -2.08. The largest absolute Gasteiger partial charge is 0.161 e. The van der Waals surface area contributed by atoms with Crippen molar-refractivity contribution in [2.45, 2.75) is 0 Å². The summed E-state index contributed by atoms with van der Waals surface area (Å²) < 4.78 is 0. The maximum absolute atomic E-state index is 2.34. The molecular weight excluding hydrogens is 128 g/mol. The lowest BCUT2D eigenvalue weighted by Gasteiger charge is -2.12. The molecule has 0 aromatic heterocycles. The van der Waals surface area contributed by atoms with E-state index in [0.717, 1.165) is 11.8 Å². The molecule has 0 N–H and O–H groups in total. The van der Waals surface area contributed by atoms with E-state index in [-0.39, 0.29) is 0 Å². The minimum absolute atomic E-state index is 0.861. The average molecular weight is 138 g/mol. The number of rotatable bonds is 0. The smallest absolute Gasteiger partial charge is 0.000183 e. The summed E-state index contributed by atoms with van der Waals surface area (Å²) in [6.07, 6.45) is 9.02. The van der Waals surface area contributed by atoms with E-state index in [1.165, 1.54) is 11.5 Å². The van der Waals surface area contributed by atoms with Gasteiger partial charge in [0.1, 0.15) is 0 Å². The van der Waals surface area contributed by atoms with Crippen molar-refractivity contribution in [1.82, 2.24) is 0 Å². The molecule has 0 spiro atoms. The molecule has 0 amide bonds. The van der Waals surface area contributed by atoms with Gasteiger partial charge in [-0.2, -0.15) is 11.8 Å². The van der Waals surface area contributed by atoms with Crippen LogP contribution in [0.25, 0.3) is 0 Å². The number of fused-ring (bicyclic) bond motifs is 1. The van der Waals surface area contributed by atoms with Crippen LogP contribution in [0.15, 0.2) is 24.3 Å². The van der Waals surface area contributed by atoms with E-state index >= 15 is 0 Å². The van der Waals surface area contributed by atoms with E-state index in [4.69, 9.17) is 0 Å². The van der Waals surface area contributed by atoms with Crippen LogP contribution in [0.4, 0.5) is 0 Å². The van der Waals surface area contributed by atoms with Gasteiger partial charge in [-0.25, -0.2) is 0 Å². The van der Waals surface area contributed by atoms with E-state index in [1.807, 2.05) is 0 Å². The van der Waals surface area contributed by atoms with Gasteiger partial charge in [-0.05, 0) is 11.8 Å². The average Bonchev–Trinajstić information content (AvgIpc) is 2.33. The van der Waals surface area contributed by atoms with Crippen molar-refractivity contribution in [2.24, 2.45) is 11.8 Å². The topological polar surface area (TPSA) is 0 Å². The highest BCUT2D eigenvalue weighted by atomic mass is 32.2. The van der Waals surface area contributed by atoms with Crippen molar-refractivity contribution in [3.05, 3.63) is 24.3 Å². The summed E-state index contributed by atoms with van der Waals surface area (Å²) in [6.45, 7) is 0. The molecule has 2 aliphatic rings. The lowest BCUT2D eigenvalue weighted by atomic mass is 9.92. The van der Waals surface area contributed by atoms with Crippen molar-refractivity contribution in [1.29, 1.82) is 0 Å². The second kappa shape index (κ2) is 2.22. The molecule has 1 saturated heterocycles. The first kappa shape index (κ1) is 5.60. The lowest BCUT2D eigenvalue weighted by molar-refractivity contribution is 0.595. The molecule has 9 heavy (non-hydrogen) atoms. The minimum atomic E-state index is 0.861. The van der Waals surface area contributed by atoms with Gasteiger partial charge in [-0.1, -0.05) is 24.3 Å². The maximum atomic E-state index is 2.34. The molecule has 1 aliphatic carbocycles. The summed E-state index contributed by atoms with van der Waals surface area (Å²) in [5.74, 6) is 4.40. The third kappa shape index (κ3) is 0.940. The number of thioether (sulfide) groups is 1. The number of hydrogen-bond donors (Lipinski definition) is 0. The molecule has 48 valence electrons. The summed E-state index contributed by atoms with van der Waals surface area (Å²) >= 11 is 2.08. The van der Waals surface area contributed by atoms with Crippen LogP contribution in [-0.2, 0) is 0 Å². The van der Waals surface area contributed by atoms with E-state index in [1.54, 1.807) is 0 Å². The predicted octanol–water partition coefficient (Wildman–Crippen LogP) is 2.09. The predicted molar refractivity (Wildman–Crippen MR) is 42.6 cm³/mol. The first-order chi connectivity index (χ1) is 4.47. The number of hydrogen-bond acceptors (Lipinski definition) is 1. The molecule has 0 saturated carbocycles. The monoisotopic (exact) mass is 138 g/mol. The Bertz CT molecular complexity index is 140. The van der Waals surface area contributed by atoms with Crippen molar-refractivity contribution in [3.63, 3.8) is 0 Å². The summed E-state index contributed by atoms with van der Waals surface area (Å²) in [4.78, 5) is 0.